The van der Waals surface area contributed by atoms with Crippen LogP contribution in [-0.2, 0) is 37.5 Å². The molecule has 0 saturated heterocycles. The molecule has 4 N–H and O–H groups in total. The number of carboxylic acids is 1. The first-order valence-corrected chi connectivity index (χ1v) is 23.2. The Balaban J connectivity index is 4.43. The molecule has 0 amide bonds. The van der Waals surface area contributed by atoms with Crippen molar-refractivity contribution >= 4 is 25.7 Å². The van der Waals surface area contributed by atoms with Gasteiger partial charge in [0.15, 0.2) is 6.10 Å². The van der Waals surface area contributed by atoms with Gasteiger partial charge in [0, 0.05) is 12.8 Å². The lowest BCUT2D eigenvalue weighted by Crippen LogP contribution is -2.34. The Morgan fingerprint density at radius 1 is 0.554 bits per heavy atom. The summed E-state index contributed by atoms with van der Waals surface area (Å²) in [6.07, 6.45) is 43.2. The molecular weight excluding hydrogens is 733 g/mol. The van der Waals surface area contributed by atoms with Crippen LogP contribution in [0.25, 0.3) is 0 Å². The highest BCUT2D eigenvalue weighted by Gasteiger charge is 2.28. The summed E-state index contributed by atoms with van der Waals surface area (Å²) < 4.78 is 32.6. The molecule has 0 rings (SSSR count). The quantitative estimate of drug-likeness (QED) is 0.0233. The average Bonchev–Trinajstić information content (AvgIpc) is 3.17. The number of phosphoric acid groups is 1. The number of aliphatic carboxylic acids is 1. The van der Waals surface area contributed by atoms with Crippen molar-refractivity contribution in [2.24, 2.45) is 5.73 Å². The van der Waals surface area contributed by atoms with Crippen LogP contribution in [0.4, 0.5) is 0 Å². The molecular formula is C44H78NO10P. The number of esters is 2. The van der Waals surface area contributed by atoms with Gasteiger partial charge in [0.25, 0.3) is 0 Å². The van der Waals surface area contributed by atoms with Crippen molar-refractivity contribution in [2.45, 2.75) is 193 Å². The topological polar surface area (TPSA) is 172 Å². The Morgan fingerprint density at radius 2 is 0.946 bits per heavy atom. The van der Waals surface area contributed by atoms with Gasteiger partial charge in [-0.05, 0) is 77.0 Å². The van der Waals surface area contributed by atoms with E-state index in [4.69, 9.17) is 24.8 Å². The van der Waals surface area contributed by atoms with Gasteiger partial charge in [-0.2, -0.15) is 0 Å². The predicted octanol–water partition coefficient (Wildman–Crippen LogP) is 11.4. The molecule has 0 fully saturated rings. The highest BCUT2D eigenvalue weighted by molar-refractivity contribution is 7.47. The van der Waals surface area contributed by atoms with Crippen molar-refractivity contribution in [3.63, 3.8) is 0 Å². The highest BCUT2D eigenvalue weighted by Crippen LogP contribution is 2.43. The number of carbonyl (C=O) groups excluding carboxylic acids is 2. The minimum absolute atomic E-state index is 0.150. The summed E-state index contributed by atoms with van der Waals surface area (Å²) in [5, 5.41) is 8.88. The van der Waals surface area contributed by atoms with Crippen LogP contribution in [0.1, 0.15) is 181 Å². The van der Waals surface area contributed by atoms with E-state index in [0.29, 0.717) is 12.8 Å². The summed E-state index contributed by atoms with van der Waals surface area (Å²) in [6.45, 7) is 2.72. The number of phosphoric ester groups is 1. The van der Waals surface area contributed by atoms with Crippen LogP contribution in [0.15, 0.2) is 48.6 Å². The normalized spacial score (nSPS) is 14.2. The number of allylic oxidation sites excluding steroid dienone is 8. The largest absolute Gasteiger partial charge is 0.480 e. The smallest absolute Gasteiger partial charge is 0.472 e. The molecule has 0 aliphatic heterocycles. The third kappa shape index (κ3) is 38.3. The third-order valence-electron chi connectivity index (χ3n) is 9.05. The summed E-state index contributed by atoms with van der Waals surface area (Å²) in [4.78, 5) is 45.9. The van der Waals surface area contributed by atoms with Crippen LogP contribution >= 0.6 is 7.82 Å². The van der Waals surface area contributed by atoms with Crippen LogP contribution in [-0.4, -0.2) is 59.9 Å². The van der Waals surface area contributed by atoms with E-state index in [-0.39, 0.29) is 19.4 Å². The molecule has 0 aromatic heterocycles. The van der Waals surface area contributed by atoms with Gasteiger partial charge in [-0.1, -0.05) is 140 Å². The van der Waals surface area contributed by atoms with Gasteiger partial charge in [-0.15, -0.1) is 0 Å². The van der Waals surface area contributed by atoms with Crippen molar-refractivity contribution in [3.8, 4) is 0 Å². The summed E-state index contributed by atoms with van der Waals surface area (Å²) in [5.41, 5.74) is 5.33. The molecule has 12 heteroatoms. The lowest BCUT2D eigenvalue weighted by Gasteiger charge is -2.20. The molecule has 1 unspecified atom stereocenters. The molecule has 0 aromatic carbocycles. The number of rotatable bonds is 40. The maximum absolute atomic E-state index is 12.6. The number of nitrogens with two attached hydrogens (primary N) is 1. The third-order valence-corrected chi connectivity index (χ3v) is 10.0. The zero-order chi connectivity index (χ0) is 41.4. The lowest BCUT2D eigenvalue weighted by atomic mass is 10.1. The monoisotopic (exact) mass is 812 g/mol. The predicted molar refractivity (Wildman–Crippen MR) is 226 cm³/mol. The van der Waals surface area contributed by atoms with Gasteiger partial charge in [0.05, 0.1) is 13.2 Å². The first-order valence-electron chi connectivity index (χ1n) is 21.7. The number of hydrogen-bond donors (Lipinski definition) is 3. The second-order valence-electron chi connectivity index (χ2n) is 14.5. The Morgan fingerprint density at radius 3 is 1.50 bits per heavy atom. The van der Waals surface area contributed by atoms with E-state index >= 15 is 0 Å². The highest BCUT2D eigenvalue weighted by atomic mass is 31.2. The molecule has 0 aliphatic rings. The molecule has 3 atom stereocenters. The SMILES string of the molecule is CCCCC/C=C/C/C=C/C/C=C/CCCCC(=O)OC[C@H](COP(=O)(O)OC[C@H](N)C(=O)O)OC(=O)CCCCCCCCCCC/C=C/CCCCCC. The fraction of sp³-hybridized carbons (Fsp3) is 0.750. The Labute approximate surface area is 339 Å². The van der Waals surface area contributed by atoms with Crippen molar-refractivity contribution in [3.05, 3.63) is 48.6 Å². The maximum Gasteiger partial charge on any atom is 0.472 e. The van der Waals surface area contributed by atoms with Gasteiger partial charge in [0.1, 0.15) is 12.6 Å². The van der Waals surface area contributed by atoms with Crippen molar-refractivity contribution < 1.29 is 47.5 Å². The Kier molecular flexibility index (Phi) is 37.5. The number of ether oxygens (including phenoxy) is 2. The zero-order valence-electron chi connectivity index (χ0n) is 35.0. The van der Waals surface area contributed by atoms with E-state index in [0.717, 1.165) is 51.4 Å². The lowest BCUT2D eigenvalue weighted by molar-refractivity contribution is -0.161. The first kappa shape index (κ1) is 53.4. The molecule has 56 heavy (non-hydrogen) atoms. The van der Waals surface area contributed by atoms with Crippen LogP contribution < -0.4 is 5.73 Å². The van der Waals surface area contributed by atoms with E-state index in [1.165, 1.54) is 89.9 Å². The van der Waals surface area contributed by atoms with Crippen molar-refractivity contribution in [1.29, 1.82) is 0 Å². The molecule has 324 valence electrons. The molecule has 0 bridgehead atoms. The summed E-state index contributed by atoms with van der Waals surface area (Å²) in [6, 6.07) is -1.53. The molecule has 0 saturated carbocycles. The van der Waals surface area contributed by atoms with Gasteiger partial charge in [-0.25, -0.2) is 4.57 Å². The molecule has 0 radical (unpaired) electrons. The molecule has 11 nitrogen and oxygen atoms in total. The molecule has 0 heterocycles. The van der Waals surface area contributed by atoms with Crippen LogP contribution in [0, 0.1) is 0 Å². The van der Waals surface area contributed by atoms with Gasteiger partial charge >= 0.3 is 25.7 Å². The maximum atomic E-state index is 12.6. The fourth-order valence-electron chi connectivity index (χ4n) is 5.59. The number of unbranched alkanes of at least 4 members (excludes halogenated alkanes) is 18. The van der Waals surface area contributed by atoms with Crippen LogP contribution in [0.2, 0.25) is 0 Å². The summed E-state index contributed by atoms with van der Waals surface area (Å²) in [5.74, 6) is -2.43. The first-order chi connectivity index (χ1) is 27.1. The van der Waals surface area contributed by atoms with Crippen LogP contribution in [0.3, 0.4) is 0 Å². The number of carboxylic acid groups (broad SMARTS) is 1. The Bertz CT molecular complexity index is 1140. The van der Waals surface area contributed by atoms with Gasteiger partial charge in [0.2, 0.25) is 0 Å². The second kappa shape index (κ2) is 39.3. The Hall–Kier alpha value is -2.56. The summed E-state index contributed by atoms with van der Waals surface area (Å²) >= 11 is 0. The number of hydrogen-bond acceptors (Lipinski definition) is 9. The second-order valence-corrected chi connectivity index (χ2v) is 15.9. The van der Waals surface area contributed by atoms with E-state index < -0.39 is 51.1 Å². The van der Waals surface area contributed by atoms with Gasteiger partial charge in [-0.3, -0.25) is 23.4 Å². The van der Waals surface area contributed by atoms with Crippen LogP contribution in [0.5, 0.6) is 0 Å². The van der Waals surface area contributed by atoms with E-state index in [2.05, 4.69) is 67.0 Å². The average molecular weight is 812 g/mol. The minimum Gasteiger partial charge on any atom is -0.480 e. The van der Waals surface area contributed by atoms with Gasteiger partial charge < -0.3 is 25.2 Å². The van der Waals surface area contributed by atoms with Crippen molar-refractivity contribution in [2.75, 3.05) is 19.8 Å². The zero-order valence-corrected chi connectivity index (χ0v) is 35.9. The fourth-order valence-corrected chi connectivity index (χ4v) is 6.37. The standard InChI is InChI=1S/C44H78NO10P/c1-3-5-7-9-11-13-15-17-19-20-22-24-26-28-30-32-34-36-43(47)55-40(38-53-56(50,51)54-39-41(45)44(48)49)37-52-42(46)35-33-31-29-27-25-23-21-18-16-14-12-10-8-6-4-2/h12-15,18,21,25,27,40-41H,3-11,16-17,19-20,22-24,26,28-39,45H2,1-2H3,(H,48,49)(H,50,51)/b14-12+,15-13+,21-18+,27-25+/t40-,41+/m1/s1. The van der Waals surface area contributed by atoms with E-state index in [1.807, 2.05) is 0 Å². The van der Waals surface area contributed by atoms with E-state index in [9.17, 15) is 23.8 Å². The molecule has 0 aliphatic carbocycles. The molecule has 0 spiro atoms. The van der Waals surface area contributed by atoms with Crippen molar-refractivity contribution in [1.82, 2.24) is 0 Å². The molecule has 0 aromatic rings. The number of carbonyl (C=O) groups is 3. The minimum atomic E-state index is -4.72. The van der Waals surface area contributed by atoms with E-state index in [1.54, 1.807) is 0 Å². The summed E-state index contributed by atoms with van der Waals surface area (Å²) in [7, 11) is -4.72.